The van der Waals surface area contributed by atoms with Crippen molar-refractivity contribution in [2.45, 2.75) is 31.2 Å². The fourth-order valence-corrected chi connectivity index (χ4v) is 3.53. The third-order valence-electron chi connectivity index (χ3n) is 5.26. The van der Waals surface area contributed by atoms with Gasteiger partial charge in [-0.25, -0.2) is 9.48 Å². The van der Waals surface area contributed by atoms with Gasteiger partial charge in [0.25, 0.3) is 0 Å². The summed E-state index contributed by atoms with van der Waals surface area (Å²) in [5, 5.41) is 11.4. The number of urea groups is 1. The van der Waals surface area contributed by atoms with Crippen molar-refractivity contribution in [3.63, 3.8) is 0 Å². The standard InChI is InChI=1S/C19H25N5O4/c1-26-16-8-13(9-17(27-2)18(16)28-3)20-19(25)23-7-6-14(10-23)24-11-15(21-22-24)12-4-5-12/h8-9,11-12,14H,4-7,10H2,1-3H3,(H,20,25). The van der Waals surface area contributed by atoms with E-state index in [2.05, 4.69) is 15.6 Å². The number of methoxy groups -OCH3 is 3. The lowest BCUT2D eigenvalue weighted by molar-refractivity contribution is 0.220. The van der Waals surface area contributed by atoms with Crippen LogP contribution in [0.3, 0.4) is 0 Å². The van der Waals surface area contributed by atoms with Crippen molar-refractivity contribution in [1.29, 1.82) is 0 Å². The molecule has 0 radical (unpaired) electrons. The largest absolute Gasteiger partial charge is 0.493 e. The van der Waals surface area contributed by atoms with Gasteiger partial charge < -0.3 is 24.4 Å². The molecule has 1 aliphatic carbocycles. The molecule has 1 aromatic carbocycles. The van der Waals surface area contributed by atoms with Gasteiger partial charge in [0.15, 0.2) is 11.5 Å². The fraction of sp³-hybridized carbons (Fsp3) is 0.526. The molecule has 2 amide bonds. The third kappa shape index (κ3) is 3.56. The van der Waals surface area contributed by atoms with Crippen LogP contribution >= 0.6 is 0 Å². The van der Waals surface area contributed by atoms with E-state index < -0.39 is 0 Å². The van der Waals surface area contributed by atoms with Crippen LogP contribution in [0.4, 0.5) is 10.5 Å². The van der Waals surface area contributed by atoms with Crippen molar-refractivity contribution >= 4 is 11.7 Å². The summed E-state index contributed by atoms with van der Waals surface area (Å²) in [6.45, 7) is 1.27. The summed E-state index contributed by atoms with van der Waals surface area (Å²) in [5.74, 6) is 2.05. The maximum absolute atomic E-state index is 12.7. The van der Waals surface area contributed by atoms with Gasteiger partial charge in [-0.1, -0.05) is 5.21 Å². The Labute approximate surface area is 163 Å². The topological polar surface area (TPSA) is 90.7 Å². The molecular weight excluding hydrogens is 362 g/mol. The van der Waals surface area contributed by atoms with Gasteiger partial charge in [0.1, 0.15) is 0 Å². The van der Waals surface area contributed by atoms with Crippen LogP contribution in [-0.2, 0) is 0 Å². The van der Waals surface area contributed by atoms with E-state index in [0.717, 1.165) is 12.1 Å². The number of hydrogen-bond acceptors (Lipinski definition) is 6. The number of nitrogens with zero attached hydrogens (tertiary/aromatic N) is 4. The van der Waals surface area contributed by atoms with Crippen LogP contribution in [0.2, 0.25) is 0 Å². The summed E-state index contributed by atoms with van der Waals surface area (Å²) in [4.78, 5) is 14.5. The van der Waals surface area contributed by atoms with Crippen LogP contribution in [0.1, 0.15) is 36.9 Å². The van der Waals surface area contributed by atoms with Gasteiger partial charge in [-0.15, -0.1) is 5.10 Å². The minimum atomic E-state index is -0.167. The van der Waals surface area contributed by atoms with Crippen molar-refractivity contribution in [3.05, 3.63) is 24.0 Å². The molecule has 0 spiro atoms. The molecule has 1 aliphatic heterocycles. The number of anilines is 1. The van der Waals surface area contributed by atoms with E-state index in [9.17, 15) is 4.79 Å². The van der Waals surface area contributed by atoms with E-state index in [1.54, 1.807) is 38.4 Å². The number of amides is 2. The summed E-state index contributed by atoms with van der Waals surface area (Å²) >= 11 is 0. The molecule has 4 rings (SSSR count). The van der Waals surface area contributed by atoms with E-state index in [0.29, 0.717) is 41.9 Å². The Kier molecular flexibility index (Phi) is 4.97. The highest BCUT2D eigenvalue weighted by Gasteiger charge is 2.31. The van der Waals surface area contributed by atoms with Crippen LogP contribution in [0.5, 0.6) is 17.2 Å². The van der Waals surface area contributed by atoms with Crippen LogP contribution in [0.15, 0.2) is 18.3 Å². The number of aromatic nitrogens is 3. The summed E-state index contributed by atoms with van der Waals surface area (Å²) in [6, 6.07) is 3.42. The Balaban J connectivity index is 1.42. The number of rotatable bonds is 6. The number of carbonyl (C=O) groups excluding carboxylic acids is 1. The highest BCUT2D eigenvalue weighted by molar-refractivity contribution is 5.90. The molecule has 1 aromatic heterocycles. The first kappa shape index (κ1) is 18.4. The third-order valence-corrected chi connectivity index (χ3v) is 5.26. The van der Waals surface area contributed by atoms with Crippen molar-refractivity contribution in [2.24, 2.45) is 0 Å². The Morgan fingerprint density at radius 3 is 2.43 bits per heavy atom. The Hall–Kier alpha value is -2.97. The quantitative estimate of drug-likeness (QED) is 0.819. The number of hydrogen-bond donors (Lipinski definition) is 1. The van der Waals surface area contributed by atoms with Gasteiger partial charge >= 0.3 is 6.03 Å². The van der Waals surface area contributed by atoms with Crippen molar-refractivity contribution in [1.82, 2.24) is 19.9 Å². The van der Waals surface area contributed by atoms with Crippen molar-refractivity contribution in [2.75, 3.05) is 39.7 Å². The fourth-order valence-electron chi connectivity index (χ4n) is 3.53. The first-order valence-electron chi connectivity index (χ1n) is 9.40. The minimum absolute atomic E-state index is 0.158. The molecule has 1 N–H and O–H groups in total. The van der Waals surface area contributed by atoms with E-state index >= 15 is 0 Å². The summed E-state index contributed by atoms with van der Waals surface area (Å²) in [6.07, 6.45) is 5.29. The first-order valence-corrected chi connectivity index (χ1v) is 9.40. The first-order chi connectivity index (χ1) is 13.6. The average Bonchev–Trinajstić information content (AvgIpc) is 3.24. The van der Waals surface area contributed by atoms with Gasteiger partial charge in [-0.2, -0.15) is 0 Å². The molecule has 150 valence electrons. The van der Waals surface area contributed by atoms with Crippen molar-refractivity contribution < 1.29 is 19.0 Å². The lowest BCUT2D eigenvalue weighted by atomic mass is 10.2. The number of carbonyl (C=O) groups is 1. The second-order valence-electron chi connectivity index (χ2n) is 7.13. The molecule has 1 atom stereocenters. The van der Waals surface area contributed by atoms with E-state index in [-0.39, 0.29) is 12.1 Å². The second-order valence-corrected chi connectivity index (χ2v) is 7.13. The molecule has 9 heteroatoms. The number of benzene rings is 1. The zero-order valence-electron chi connectivity index (χ0n) is 16.3. The average molecular weight is 387 g/mol. The Morgan fingerprint density at radius 1 is 1.11 bits per heavy atom. The van der Waals surface area contributed by atoms with E-state index in [1.165, 1.54) is 12.8 Å². The molecule has 2 aliphatic rings. The Bertz CT molecular complexity index is 839. The molecule has 9 nitrogen and oxygen atoms in total. The molecule has 2 fully saturated rings. The van der Waals surface area contributed by atoms with Gasteiger partial charge in [0.2, 0.25) is 5.75 Å². The smallest absolute Gasteiger partial charge is 0.321 e. The molecule has 2 heterocycles. The molecule has 0 bridgehead atoms. The van der Waals surface area contributed by atoms with Crippen LogP contribution in [-0.4, -0.2) is 60.3 Å². The molecule has 2 aromatic rings. The normalized spacial score (nSPS) is 18.8. The zero-order chi connectivity index (χ0) is 19.7. The van der Waals surface area contributed by atoms with Crippen LogP contribution < -0.4 is 19.5 Å². The van der Waals surface area contributed by atoms with Gasteiger partial charge in [-0.3, -0.25) is 0 Å². The predicted molar refractivity (Wildman–Crippen MR) is 102 cm³/mol. The molecule has 1 saturated carbocycles. The summed E-state index contributed by atoms with van der Waals surface area (Å²) in [7, 11) is 4.63. The maximum atomic E-state index is 12.7. The maximum Gasteiger partial charge on any atom is 0.321 e. The number of nitrogens with one attached hydrogen (secondary N) is 1. The Morgan fingerprint density at radius 2 is 1.82 bits per heavy atom. The van der Waals surface area contributed by atoms with Crippen LogP contribution in [0, 0.1) is 0 Å². The van der Waals surface area contributed by atoms with Crippen molar-refractivity contribution in [3.8, 4) is 17.2 Å². The molecule has 1 saturated heterocycles. The lowest BCUT2D eigenvalue weighted by Crippen LogP contribution is -2.33. The summed E-state index contributed by atoms with van der Waals surface area (Å²) in [5.41, 5.74) is 1.65. The predicted octanol–water partition coefficient (Wildman–Crippen LogP) is 2.66. The molecular formula is C19H25N5O4. The van der Waals surface area contributed by atoms with Gasteiger partial charge in [-0.05, 0) is 19.3 Å². The van der Waals surface area contributed by atoms with Gasteiger partial charge in [0.05, 0.1) is 38.8 Å². The zero-order valence-corrected chi connectivity index (χ0v) is 16.3. The minimum Gasteiger partial charge on any atom is -0.493 e. The highest BCUT2D eigenvalue weighted by atomic mass is 16.5. The SMILES string of the molecule is COc1cc(NC(=O)N2CCC(n3cc(C4CC4)nn3)C2)cc(OC)c1OC. The van der Waals surface area contributed by atoms with Gasteiger partial charge in [0, 0.05) is 37.3 Å². The number of likely N-dealkylation sites (tertiary alicyclic amines) is 1. The van der Waals surface area contributed by atoms with Crippen LogP contribution in [0.25, 0.3) is 0 Å². The monoisotopic (exact) mass is 387 g/mol. The van der Waals surface area contributed by atoms with E-state index in [1.807, 2.05) is 10.9 Å². The second kappa shape index (κ2) is 7.57. The lowest BCUT2D eigenvalue weighted by Gasteiger charge is -2.19. The highest BCUT2D eigenvalue weighted by Crippen LogP contribution is 2.40. The number of ether oxygens (including phenoxy) is 3. The molecule has 28 heavy (non-hydrogen) atoms. The molecule has 1 unspecified atom stereocenters. The van der Waals surface area contributed by atoms with E-state index in [4.69, 9.17) is 14.2 Å². The summed E-state index contributed by atoms with van der Waals surface area (Å²) < 4.78 is 17.9.